The first-order valence-electron chi connectivity index (χ1n) is 6.20. The van der Waals surface area contributed by atoms with Crippen LogP contribution in [0.1, 0.15) is 28.9 Å². The number of aromatic carboxylic acids is 1. The van der Waals surface area contributed by atoms with Crippen molar-refractivity contribution in [2.24, 2.45) is 0 Å². The molecule has 2 atom stereocenters. The van der Waals surface area contributed by atoms with Crippen LogP contribution in [0.4, 0.5) is 4.39 Å². The van der Waals surface area contributed by atoms with Crippen molar-refractivity contribution in [2.45, 2.75) is 19.0 Å². The summed E-state index contributed by atoms with van der Waals surface area (Å²) in [6, 6.07) is 5.22. The maximum Gasteiger partial charge on any atom is 0.356 e. The fraction of sp³-hybridized carbons (Fsp3) is 0.200. The lowest BCUT2D eigenvalue weighted by Gasteiger charge is -2.14. The van der Waals surface area contributed by atoms with E-state index in [0.29, 0.717) is 11.1 Å². The van der Waals surface area contributed by atoms with Crippen LogP contribution in [0.2, 0.25) is 0 Å². The van der Waals surface area contributed by atoms with Crippen molar-refractivity contribution < 1.29 is 14.3 Å². The normalized spacial score (nSPS) is 14.5. The summed E-state index contributed by atoms with van der Waals surface area (Å²) in [6.07, 6.45) is 4.75. The molecule has 0 saturated carbocycles. The molecule has 0 amide bonds. The Morgan fingerprint density at radius 3 is 2.90 bits per heavy atom. The molecule has 4 nitrogen and oxygen atoms in total. The Morgan fingerprint density at radius 1 is 1.55 bits per heavy atom. The predicted octanol–water partition coefficient (Wildman–Crippen LogP) is 3.22. The van der Waals surface area contributed by atoms with E-state index in [-0.39, 0.29) is 5.69 Å². The zero-order valence-electron chi connectivity index (χ0n) is 11.0. The Kier molecular flexibility index (Phi) is 3.98. The zero-order valence-corrected chi connectivity index (χ0v) is 11.0. The molecule has 1 N–H and O–H groups in total. The van der Waals surface area contributed by atoms with Gasteiger partial charge in [0, 0.05) is 17.7 Å². The number of halogens is 1. The van der Waals surface area contributed by atoms with Gasteiger partial charge in [-0.05, 0) is 19.1 Å². The Morgan fingerprint density at radius 2 is 2.30 bits per heavy atom. The molecule has 0 aliphatic rings. The number of fused-ring (bicyclic) bond motifs is 1. The second-order valence-electron chi connectivity index (χ2n) is 4.33. The van der Waals surface area contributed by atoms with Gasteiger partial charge < -0.3 is 5.11 Å². The Bertz CT molecular complexity index is 676. The predicted molar refractivity (Wildman–Crippen MR) is 74.8 cm³/mol. The highest BCUT2D eigenvalue weighted by Gasteiger charge is 2.28. The number of nitrogens with zero attached hydrogens (tertiary/aromatic N) is 2. The van der Waals surface area contributed by atoms with Crippen LogP contribution in [0.3, 0.4) is 0 Å². The monoisotopic (exact) mass is 274 g/mol. The van der Waals surface area contributed by atoms with Crippen molar-refractivity contribution in [2.75, 3.05) is 0 Å². The minimum absolute atomic E-state index is 0.135. The van der Waals surface area contributed by atoms with E-state index in [2.05, 4.69) is 11.7 Å². The molecule has 0 aromatic carbocycles. The summed E-state index contributed by atoms with van der Waals surface area (Å²) < 4.78 is 15.6. The SMILES string of the molecule is C=CC(F)C(/C=C\C)c1c(C(=O)O)nn2ccccc12. The smallest absolute Gasteiger partial charge is 0.356 e. The number of rotatable bonds is 5. The van der Waals surface area contributed by atoms with E-state index in [1.807, 2.05) is 0 Å². The quantitative estimate of drug-likeness (QED) is 0.852. The molecule has 0 aliphatic carbocycles. The van der Waals surface area contributed by atoms with Crippen LogP contribution in [-0.2, 0) is 0 Å². The molecule has 0 radical (unpaired) electrons. The highest BCUT2D eigenvalue weighted by molar-refractivity contribution is 5.90. The molecule has 0 spiro atoms. The lowest BCUT2D eigenvalue weighted by molar-refractivity contribution is 0.0688. The van der Waals surface area contributed by atoms with Crippen LogP contribution in [0.5, 0.6) is 0 Å². The molecule has 5 heteroatoms. The van der Waals surface area contributed by atoms with Gasteiger partial charge in [-0.25, -0.2) is 13.7 Å². The van der Waals surface area contributed by atoms with Gasteiger partial charge in [-0.1, -0.05) is 24.3 Å². The summed E-state index contributed by atoms with van der Waals surface area (Å²) in [4.78, 5) is 11.4. The lowest BCUT2D eigenvalue weighted by Crippen LogP contribution is -2.13. The molecule has 0 fully saturated rings. The molecule has 0 bridgehead atoms. The summed E-state index contributed by atoms with van der Waals surface area (Å²) in [7, 11) is 0. The Labute approximate surface area is 115 Å². The average molecular weight is 274 g/mol. The number of hydrogen-bond acceptors (Lipinski definition) is 2. The molecule has 20 heavy (non-hydrogen) atoms. The van der Waals surface area contributed by atoms with Crippen molar-refractivity contribution >= 4 is 11.5 Å². The fourth-order valence-electron chi connectivity index (χ4n) is 2.22. The standard InChI is InChI=1S/C15H15FN2O2/c1-3-7-10(11(16)4-2)13-12-8-5-6-9-18(12)17-14(13)15(19)20/h3-11H,2H2,1H3,(H,19,20)/b7-3-. The third kappa shape index (κ3) is 2.34. The molecule has 2 aromatic rings. The number of carbonyl (C=O) groups is 1. The first-order valence-corrected chi connectivity index (χ1v) is 6.20. The minimum atomic E-state index is -1.38. The van der Waals surface area contributed by atoms with E-state index in [0.717, 1.165) is 0 Å². The van der Waals surface area contributed by atoms with Crippen LogP contribution in [0, 0.1) is 0 Å². The second kappa shape index (κ2) is 5.69. The van der Waals surface area contributed by atoms with Crippen LogP contribution in [0.25, 0.3) is 5.52 Å². The topological polar surface area (TPSA) is 54.6 Å². The van der Waals surface area contributed by atoms with Crippen LogP contribution >= 0.6 is 0 Å². The van der Waals surface area contributed by atoms with Gasteiger partial charge in [-0.3, -0.25) is 0 Å². The summed E-state index contributed by atoms with van der Waals surface area (Å²) >= 11 is 0. The Hall–Kier alpha value is -2.43. The number of carboxylic acids is 1. The number of alkyl halides is 1. The zero-order chi connectivity index (χ0) is 14.7. The van der Waals surface area contributed by atoms with Gasteiger partial charge in [0.2, 0.25) is 0 Å². The minimum Gasteiger partial charge on any atom is -0.476 e. The first-order chi connectivity index (χ1) is 9.60. The summed E-state index contributed by atoms with van der Waals surface area (Å²) in [6.45, 7) is 5.20. The first kappa shape index (κ1) is 14.0. The van der Waals surface area contributed by atoms with E-state index in [4.69, 9.17) is 0 Å². The third-order valence-electron chi connectivity index (χ3n) is 3.08. The van der Waals surface area contributed by atoms with Gasteiger partial charge in [0.05, 0.1) is 5.52 Å². The Balaban J connectivity index is 2.74. The van der Waals surface area contributed by atoms with Crippen LogP contribution in [-0.4, -0.2) is 26.9 Å². The van der Waals surface area contributed by atoms with E-state index < -0.39 is 18.1 Å². The van der Waals surface area contributed by atoms with Gasteiger partial charge in [0.15, 0.2) is 5.69 Å². The van der Waals surface area contributed by atoms with Gasteiger partial charge >= 0.3 is 5.97 Å². The number of carboxylic acid groups (broad SMARTS) is 1. The molecule has 2 aromatic heterocycles. The van der Waals surface area contributed by atoms with Gasteiger partial charge in [0.25, 0.3) is 0 Å². The van der Waals surface area contributed by atoms with Crippen molar-refractivity contribution in [3.05, 3.63) is 60.5 Å². The maximum absolute atomic E-state index is 14.1. The van der Waals surface area contributed by atoms with Crippen LogP contribution in [0.15, 0.2) is 49.2 Å². The molecule has 0 saturated heterocycles. The van der Waals surface area contributed by atoms with Crippen molar-refractivity contribution in [1.29, 1.82) is 0 Å². The van der Waals surface area contributed by atoms with E-state index in [1.165, 1.54) is 10.6 Å². The van der Waals surface area contributed by atoms with Crippen molar-refractivity contribution in [3.63, 3.8) is 0 Å². The summed E-state index contributed by atoms with van der Waals surface area (Å²) in [5, 5.41) is 13.3. The largest absolute Gasteiger partial charge is 0.476 e. The van der Waals surface area contributed by atoms with E-state index in [1.54, 1.807) is 43.5 Å². The van der Waals surface area contributed by atoms with Crippen molar-refractivity contribution in [1.82, 2.24) is 9.61 Å². The summed E-state index contributed by atoms with van der Waals surface area (Å²) in [5.74, 6) is -1.89. The number of hydrogen-bond donors (Lipinski definition) is 1. The van der Waals surface area contributed by atoms with E-state index >= 15 is 0 Å². The molecule has 0 aliphatic heterocycles. The molecule has 104 valence electrons. The number of allylic oxidation sites excluding steroid dienone is 3. The number of aromatic nitrogens is 2. The highest BCUT2D eigenvalue weighted by Crippen LogP contribution is 2.31. The lowest BCUT2D eigenvalue weighted by atomic mass is 9.92. The van der Waals surface area contributed by atoms with Crippen LogP contribution < -0.4 is 0 Å². The van der Waals surface area contributed by atoms with Gasteiger partial charge in [-0.15, -0.1) is 6.58 Å². The average Bonchev–Trinajstić information content (AvgIpc) is 2.83. The van der Waals surface area contributed by atoms with Gasteiger partial charge in [0.1, 0.15) is 6.17 Å². The third-order valence-corrected chi connectivity index (χ3v) is 3.08. The molecule has 2 heterocycles. The molecular weight excluding hydrogens is 259 g/mol. The second-order valence-corrected chi connectivity index (χ2v) is 4.33. The van der Waals surface area contributed by atoms with Gasteiger partial charge in [-0.2, -0.15) is 5.10 Å². The van der Waals surface area contributed by atoms with Crippen molar-refractivity contribution in [3.8, 4) is 0 Å². The molecule has 2 rings (SSSR count). The fourth-order valence-corrected chi connectivity index (χ4v) is 2.22. The maximum atomic E-state index is 14.1. The molecular formula is C15H15FN2O2. The molecule has 2 unspecified atom stereocenters. The number of pyridine rings is 1. The summed E-state index contributed by atoms with van der Waals surface area (Å²) in [5.41, 5.74) is 0.810. The highest BCUT2D eigenvalue weighted by atomic mass is 19.1. The van der Waals surface area contributed by atoms with E-state index in [9.17, 15) is 14.3 Å².